The minimum absolute atomic E-state index is 0.0311. The second-order valence-electron chi connectivity index (χ2n) is 8.33. The molecule has 0 saturated carbocycles. The first kappa shape index (κ1) is 21.1. The van der Waals surface area contributed by atoms with E-state index < -0.39 is 0 Å². The summed E-state index contributed by atoms with van der Waals surface area (Å²) in [7, 11) is 0. The third-order valence-corrected chi connectivity index (χ3v) is 7.33. The molecule has 2 N–H and O–H groups in total. The third-order valence-electron chi connectivity index (χ3n) is 6.23. The van der Waals surface area contributed by atoms with Crippen molar-refractivity contribution in [3.8, 4) is 0 Å². The Morgan fingerprint density at radius 3 is 2.77 bits per heavy atom. The van der Waals surface area contributed by atoms with Crippen LogP contribution in [0.2, 0.25) is 0 Å². The van der Waals surface area contributed by atoms with Gasteiger partial charge >= 0.3 is 6.03 Å². The number of rotatable bonds is 5. The first-order valence-corrected chi connectivity index (χ1v) is 11.7. The molecule has 1 aliphatic carbocycles. The van der Waals surface area contributed by atoms with E-state index in [-0.39, 0.29) is 11.6 Å². The minimum atomic E-state index is -0.0528. The van der Waals surface area contributed by atoms with Crippen molar-refractivity contribution in [2.45, 2.75) is 52.5 Å². The lowest BCUT2D eigenvalue weighted by atomic mass is 9.97. The number of nitrogens with zero attached hydrogens (tertiary/aromatic N) is 3. The number of urea groups is 1. The Morgan fingerprint density at radius 1 is 1.23 bits per heavy atom. The fourth-order valence-corrected chi connectivity index (χ4v) is 5.32. The predicted molar refractivity (Wildman–Crippen MR) is 121 cm³/mol. The smallest absolute Gasteiger partial charge is 0.317 e. The Morgan fingerprint density at radius 2 is 2.03 bits per heavy atom. The lowest BCUT2D eigenvalue weighted by molar-refractivity contribution is 0.133. The number of carbonyl (C=O) groups excluding carboxylic acids is 1. The highest BCUT2D eigenvalue weighted by atomic mass is 32.1. The van der Waals surface area contributed by atoms with Crippen molar-refractivity contribution in [3.05, 3.63) is 38.3 Å². The summed E-state index contributed by atoms with van der Waals surface area (Å²) in [4.78, 5) is 38.6. The summed E-state index contributed by atoms with van der Waals surface area (Å²) in [6, 6.07) is 0.0311. The number of hydrogen-bond donors (Lipinski definition) is 2. The minimum Gasteiger partial charge on any atom is -0.338 e. The third kappa shape index (κ3) is 4.75. The van der Waals surface area contributed by atoms with E-state index in [9.17, 15) is 9.59 Å². The van der Waals surface area contributed by atoms with E-state index in [4.69, 9.17) is 0 Å². The average molecular weight is 430 g/mol. The number of hydrogen-bond acceptors (Lipinski definition) is 5. The van der Waals surface area contributed by atoms with Gasteiger partial charge in [0, 0.05) is 37.6 Å². The van der Waals surface area contributed by atoms with Gasteiger partial charge in [0.2, 0.25) is 0 Å². The van der Waals surface area contributed by atoms with Crippen LogP contribution in [-0.2, 0) is 6.54 Å². The number of amides is 2. The summed E-state index contributed by atoms with van der Waals surface area (Å²) in [5.41, 5.74) is 2.46. The summed E-state index contributed by atoms with van der Waals surface area (Å²) in [5, 5.41) is 3.78. The van der Waals surface area contributed by atoms with Gasteiger partial charge in [-0.15, -0.1) is 11.3 Å². The SMILES string of the molecule is Cc1sc2nc(CN3CCN(C(=O)NCCC4=CCCCC4)CC3)[nH]c(=O)c2c1C. The Bertz CT molecular complexity index is 1000. The van der Waals surface area contributed by atoms with Gasteiger partial charge in [-0.2, -0.15) is 0 Å². The number of aromatic nitrogens is 2. The van der Waals surface area contributed by atoms with Gasteiger partial charge in [0.05, 0.1) is 11.9 Å². The van der Waals surface area contributed by atoms with Gasteiger partial charge in [-0.25, -0.2) is 9.78 Å². The normalized spacial score (nSPS) is 17.9. The van der Waals surface area contributed by atoms with Crippen molar-refractivity contribution in [3.63, 3.8) is 0 Å². The second kappa shape index (κ2) is 9.31. The molecule has 0 aromatic carbocycles. The van der Waals surface area contributed by atoms with Crippen molar-refractivity contribution in [2.24, 2.45) is 0 Å². The van der Waals surface area contributed by atoms with E-state index in [0.717, 1.165) is 41.3 Å². The van der Waals surface area contributed by atoms with Crippen LogP contribution < -0.4 is 10.9 Å². The standard InChI is InChI=1S/C22H31N5O2S/c1-15-16(2)30-21-19(15)20(28)24-18(25-21)14-26-10-12-27(13-11-26)22(29)23-9-8-17-6-4-3-5-7-17/h6H,3-5,7-14H2,1-2H3,(H,23,29)(H,24,25,28). The molecule has 0 atom stereocenters. The van der Waals surface area contributed by atoms with Crippen LogP contribution in [0.5, 0.6) is 0 Å². The zero-order valence-electron chi connectivity index (χ0n) is 17.9. The van der Waals surface area contributed by atoms with Gasteiger partial charge in [-0.05, 0) is 51.5 Å². The quantitative estimate of drug-likeness (QED) is 0.715. The van der Waals surface area contributed by atoms with E-state index in [1.54, 1.807) is 11.3 Å². The maximum Gasteiger partial charge on any atom is 0.317 e. The summed E-state index contributed by atoms with van der Waals surface area (Å²) < 4.78 is 0. The maximum atomic E-state index is 12.5. The first-order valence-electron chi connectivity index (χ1n) is 10.9. The van der Waals surface area contributed by atoms with E-state index in [0.29, 0.717) is 30.8 Å². The Labute approximate surface area is 181 Å². The number of fused-ring (bicyclic) bond motifs is 1. The molecule has 1 saturated heterocycles. The van der Waals surface area contributed by atoms with Crippen LogP contribution in [0.4, 0.5) is 4.79 Å². The van der Waals surface area contributed by atoms with Crippen molar-refractivity contribution in [1.29, 1.82) is 0 Å². The van der Waals surface area contributed by atoms with Gasteiger partial charge < -0.3 is 15.2 Å². The maximum absolute atomic E-state index is 12.5. The largest absolute Gasteiger partial charge is 0.338 e. The zero-order chi connectivity index (χ0) is 21.1. The average Bonchev–Trinajstić information content (AvgIpc) is 3.03. The van der Waals surface area contributed by atoms with E-state index in [1.807, 2.05) is 18.7 Å². The molecule has 0 radical (unpaired) electrons. The van der Waals surface area contributed by atoms with Crippen LogP contribution in [0.1, 0.15) is 48.4 Å². The molecular weight excluding hydrogens is 398 g/mol. The molecule has 3 heterocycles. The number of thiophene rings is 1. The van der Waals surface area contributed by atoms with Crippen molar-refractivity contribution < 1.29 is 4.79 Å². The number of carbonyl (C=O) groups is 1. The Hall–Kier alpha value is -2.19. The van der Waals surface area contributed by atoms with Crippen molar-refractivity contribution in [2.75, 3.05) is 32.7 Å². The lowest BCUT2D eigenvalue weighted by Crippen LogP contribution is -2.51. The van der Waals surface area contributed by atoms with Crippen molar-refractivity contribution >= 4 is 27.6 Å². The summed E-state index contributed by atoms with van der Waals surface area (Å²) >= 11 is 1.58. The molecule has 0 bridgehead atoms. The fourth-order valence-electron chi connectivity index (χ4n) is 4.27. The van der Waals surface area contributed by atoms with E-state index >= 15 is 0 Å². The summed E-state index contributed by atoms with van der Waals surface area (Å²) in [6.45, 7) is 8.26. The number of H-pyrrole nitrogens is 1. The van der Waals surface area contributed by atoms with Gasteiger partial charge in [0.1, 0.15) is 10.7 Å². The number of allylic oxidation sites excluding steroid dienone is 1. The highest BCUT2D eigenvalue weighted by Gasteiger charge is 2.22. The molecule has 4 rings (SSSR count). The molecule has 8 heteroatoms. The molecule has 7 nitrogen and oxygen atoms in total. The molecule has 0 unspecified atom stereocenters. The summed E-state index contributed by atoms with van der Waals surface area (Å²) in [5.74, 6) is 0.701. The molecule has 2 amide bonds. The molecule has 1 fully saturated rings. The van der Waals surface area contributed by atoms with Crippen LogP contribution >= 0.6 is 11.3 Å². The molecule has 2 aliphatic rings. The topological polar surface area (TPSA) is 81.3 Å². The van der Waals surface area contributed by atoms with Gasteiger partial charge in [0.15, 0.2) is 0 Å². The number of aryl methyl sites for hydroxylation is 2. The molecule has 1 aliphatic heterocycles. The Balaban J connectivity index is 1.26. The highest BCUT2D eigenvalue weighted by Crippen LogP contribution is 2.25. The first-order chi connectivity index (χ1) is 14.5. The number of nitrogens with one attached hydrogen (secondary N) is 2. The van der Waals surface area contributed by atoms with Crippen molar-refractivity contribution in [1.82, 2.24) is 25.1 Å². The zero-order valence-corrected chi connectivity index (χ0v) is 18.7. The number of aromatic amines is 1. The monoisotopic (exact) mass is 429 g/mol. The van der Waals surface area contributed by atoms with Crippen LogP contribution in [0.3, 0.4) is 0 Å². The second-order valence-corrected chi connectivity index (χ2v) is 9.53. The van der Waals surface area contributed by atoms with Crippen LogP contribution in [0, 0.1) is 13.8 Å². The predicted octanol–water partition coefficient (Wildman–Crippen LogP) is 3.32. The highest BCUT2D eigenvalue weighted by molar-refractivity contribution is 7.18. The molecule has 0 spiro atoms. The van der Waals surface area contributed by atoms with Crippen LogP contribution in [-0.4, -0.2) is 58.5 Å². The van der Waals surface area contributed by atoms with Crippen LogP contribution in [0.15, 0.2) is 16.4 Å². The number of piperazine rings is 1. The van der Waals surface area contributed by atoms with Crippen LogP contribution in [0.25, 0.3) is 10.2 Å². The molecule has 30 heavy (non-hydrogen) atoms. The van der Waals surface area contributed by atoms with E-state index in [2.05, 4.69) is 26.3 Å². The van der Waals surface area contributed by atoms with E-state index in [1.165, 1.54) is 31.3 Å². The van der Waals surface area contributed by atoms with Gasteiger partial charge in [0.25, 0.3) is 5.56 Å². The molecule has 2 aromatic heterocycles. The molecular formula is C22H31N5O2S. The lowest BCUT2D eigenvalue weighted by Gasteiger charge is -2.34. The molecule has 162 valence electrons. The molecule has 2 aromatic rings. The fraction of sp³-hybridized carbons (Fsp3) is 0.591. The van der Waals surface area contributed by atoms with Gasteiger partial charge in [-0.1, -0.05) is 11.6 Å². The van der Waals surface area contributed by atoms with Gasteiger partial charge in [-0.3, -0.25) is 9.69 Å². The summed E-state index contributed by atoms with van der Waals surface area (Å²) in [6.07, 6.45) is 8.24. The Kier molecular flexibility index (Phi) is 6.53.